The highest BCUT2D eigenvalue weighted by Gasteiger charge is 2.34. The van der Waals surface area contributed by atoms with Gasteiger partial charge in [-0.3, -0.25) is 9.36 Å². The van der Waals surface area contributed by atoms with Crippen molar-refractivity contribution in [2.45, 2.75) is 26.5 Å². The third-order valence-electron chi connectivity index (χ3n) is 7.99. The second kappa shape index (κ2) is 13.6. The van der Waals surface area contributed by atoms with Crippen molar-refractivity contribution in [1.82, 2.24) is 4.57 Å². The van der Waals surface area contributed by atoms with Gasteiger partial charge in [0.05, 0.1) is 49.8 Å². The Morgan fingerprint density at radius 2 is 1.62 bits per heavy atom. The molecule has 0 aliphatic carbocycles. The molecule has 0 amide bonds. The molecule has 0 saturated heterocycles. The second-order valence-electron chi connectivity index (χ2n) is 10.8. The summed E-state index contributed by atoms with van der Waals surface area (Å²) in [5.41, 5.74) is 2.93. The maximum atomic E-state index is 14.1. The molecular formula is C37H34N2O7S. The van der Waals surface area contributed by atoms with Gasteiger partial charge in [-0.25, -0.2) is 9.79 Å². The van der Waals surface area contributed by atoms with Crippen molar-refractivity contribution in [3.63, 3.8) is 0 Å². The number of hydrogen-bond acceptors (Lipinski definition) is 9. The zero-order chi connectivity index (χ0) is 33.1. The molecule has 0 N–H and O–H groups in total. The molecule has 0 radical (unpaired) electrons. The number of rotatable bonds is 10. The Hall–Kier alpha value is -5.35. The van der Waals surface area contributed by atoms with Crippen LogP contribution in [0, 0.1) is 0 Å². The fraction of sp³-hybridized carbons (Fsp3) is 0.216. The average molecular weight is 651 g/mol. The van der Waals surface area contributed by atoms with Crippen LogP contribution in [0.2, 0.25) is 0 Å². The van der Waals surface area contributed by atoms with Crippen molar-refractivity contribution in [3.05, 3.63) is 127 Å². The minimum absolute atomic E-state index is 0.183. The normalized spacial score (nSPS) is 14.4. The average Bonchev–Trinajstić information content (AvgIpc) is 3.39. The van der Waals surface area contributed by atoms with Crippen LogP contribution in [0.1, 0.15) is 36.6 Å². The molecular weight excluding hydrogens is 616 g/mol. The number of methoxy groups -OCH3 is 3. The van der Waals surface area contributed by atoms with E-state index in [1.165, 1.54) is 23.0 Å². The number of thiazole rings is 1. The van der Waals surface area contributed by atoms with E-state index in [-0.39, 0.29) is 17.7 Å². The standard InChI is InChI=1S/C37H34N2O7S/c1-6-45-36(41)33-22(2)38-37-39(34(33)25-15-17-28(42-3)31(20-25)44-5)35(40)32(47-37)19-23-14-16-29(30(18-23)43-4)46-21-26-12-9-11-24-10-7-8-13-27(24)26/h7-20,34H,6,21H2,1-5H3/b32-19+/t34-/m0/s1. The van der Waals surface area contributed by atoms with Gasteiger partial charge in [0, 0.05) is 0 Å². The molecule has 6 rings (SSSR count). The second-order valence-corrected chi connectivity index (χ2v) is 11.8. The topological polar surface area (TPSA) is 97.6 Å². The van der Waals surface area contributed by atoms with Crippen LogP contribution >= 0.6 is 11.3 Å². The molecule has 1 aliphatic heterocycles. The first-order chi connectivity index (χ1) is 22.9. The number of carbonyl (C=O) groups is 1. The fourth-order valence-electron chi connectivity index (χ4n) is 5.75. The predicted molar refractivity (Wildman–Crippen MR) is 181 cm³/mol. The maximum Gasteiger partial charge on any atom is 0.338 e. The quantitative estimate of drug-likeness (QED) is 0.183. The molecule has 5 aromatic rings. The van der Waals surface area contributed by atoms with Gasteiger partial charge < -0.3 is 23.7 Å². The van der Waals surface area contributed by atoms with Gasteiger partial charge in [-0.2, -0.15) is 0 Å². The van der Waals surface area contributed by atoms with Crippen LogP contribution in [-0.4, -0.2) is 38.5 Å². The smallest absolute Gasteiger partial charge is 0.338 e. The molecule has 10 heteroatoms. The van der Waals surface area contributed by atoms with Crippen LogP contribution in [-0.2, 0) is 16.1 Å². The Kier molecular flexibility index (Phi) is 9.12. The van der Waals surface area contributed by atoms with Gasteiger partial charge in [0.15, 0.2) is 27.8 Å². The molecule has 0 fully saturated rings. The molecule has 1 aromatic heterocycles. The summed E-state index contributed by atoms with van der Waals surface area (Å²) in [4.78, 5) is 32.5. The van der Waals surface area contributed by atoms with Crippen LogP contribution in [0.25, 0.3) is 16.8 Å². The van der Waals surface area contributed by atoms with Gasteiger partial charge in [0.1, 0.15) is 6.61 Å². The van der Waals surface area contributed by atoms with Gasteiger partial charge in [0.25, 0.3) is 5.56 Å². The number of carbonyl (C=O) groups excluding carboxylic acids is 1. The number of allylic oxidation sites excluding steroid dienone is 1. The lowest BCUT2D eigenvalue weighted by atomic mass is 9.95. The van der Waals surface area contributed by atoms with Crippen LogP contribution in [0.4, 0.5) is 0 Å². The Morgan fingerprint density at radius 1 is 0.894 bits per heavy atom. The Labute approximate surface area is 275 Å². The maximum absolute atomic E-state index is 14.1. The number of esters is 1. The van der Waals surface area contributed by atoms with Crippen LogP contribution in [0.3, 0.4) is 0 Å². The summed E-state index contributed by atoms with van der Waals surface area (Å²) in [6.07, 6.45) is 1.79. The molecule has 0 spiro atoms. The van der Waals surface area contributed by atoms with Crippen LogP contribution in [0.5, 0.6) is 23.0 Å². The van der Waals surface area contributed by atoms with E-state index in [1.807, 2.05) is 48.5 Å². The molecule has 9 nitrogen and oxygen atoms in total. The van der Waals surface area contributed by atoms with E-state index in [0.29, 0.717) is 50.2 Å². The zero-order valence-electron chi connectivity index (χ0n) is 26.7. The minimum atomic E-state index is -0.786. The van der Waals surface area contributed by atoms with Crippen molar-refractivity contribution in [3.8, 4) is 23.0 Å². The van der Waals surface area contributed by atoms with E-state index >= 15 is 0 Å². The molecule has 0 bridgehead atoms. The lowest BCUT2D eigenvalue weighted by Gasteiger charge is -2.25. The summed E-state index contributed by atoms with van der Waals surface area (Å²) in [7, 11) is 4.67. The lowest BCUT2D eigenvalue weighted by Crippen LogP contribution is -2.39. The fourth-order valence-corrected chi connectivity index (χ4v) is 6.79. The molecule has 1 aliphatic rings. The predicted octanol–water partition coefficient (Wildman–Crippen LogP) is 5.56. The number of ether oxygens (including phenoxy) is 5. The van der Waals surface area contributed by atoms with Gasteiger partial charge in [-0.1, -0.05) is 65.9 Å². The third-order valence-corrected chi connectivity index (χ3v) is 8.97. The molecule has 0 unspecified atom stereocenters. The number of aromatic nitrogens is 1. The number of fused-ring (bicyclic) bond motifs is 2. The Bertz CT molecular complexity index is 2190. The van der Waals surface area contributed by atoms with Crippen LogP contribution < -0.4 is 33.8 Å². The van der Waals surface area contributed by atoms with Crippen molar-refractivity contribution < 1.29 is 28.5 Å². The van der Waals surface area contributed by atoms with Gasteiger partial charge in [-0.15, -0.1) is 0 Å². The number of benzene rings is 4. The molecule has 0 saturated carbocycles. The molecule has 1 atom stereocenters. The number of hydrogen-bond donors (Lipinski definition) is 0. The van der Waals surface area contributed by atoms with Crippen molar-refractivity contribution >= 4 is 34.2 Å². The highest BCUT2D eigenvalue weighted by Crippen LogP contribution is 2.36. The van der Waals surface area contributed by atoms with E-state index in [0.717, 1.165) is 21.9 Å². The monoisotopic (exact) mass is 650 g/mol. The zero-order valence-corrected chi connectivity index (χ0v) is 27.6. The van der Waals surface area contributed by atoms with E-state index < -0.39 is 12.0 Å². The molecule has 240 valence electrons. The first-order valence-corrected chi connectivity index (χ1v) is 15.9. The molecule has 2 heterocycles. The highest BCUT2D eigenvalue weighted by atomic mass is 32.1. The molecule has 4 aromatic carbocycles. The highest BCUT2D eigenvalue weighted by molar-refractivity contribution is 7.07. The van der Waals surface area contributed by atoms with Gasteiger partial charge in [0.2, 0.25) is 0 Å². The van der Waals surface area contributed by atoms with Crippen molar-refractivity contribution in [1.29, 1.82) is 0 Å². The molecule has 47 heavy (non-hydrogen) atoms. The summed E-state index contributed by atoms with van der Waals surface area (Å²) >= 11 is 1.24. The summed E-state index contributed by atoms with van der Waals surface area (Å²) < 4.78 is 30.2. The van der Waals surface area contributed by atoms with E-state index in [2.05, 4.69) is 23.2 Å². The minimum Gasteiger partial charge on any atom is -0.493 e. The lowest BCUT2D eigenvalue weighted by molar-refractivity contribution is -0.139. The summed E-state index contributed by atoms with van der Waals surface area (Å²) in [6, 6.07) is 24.4. The van der Waals surface area contributed by atoms with E-state index in [4.69, 9.17) is 23.7 Å². The summed E-state index contributed by atoms with van der Waals surface area (Å²) in [5.74, 6) is 1.59. The first-order valence-electron chi connectivity index (χ1n) is 15.1. The summed E-state index contributed by atoms with van der Waals surface area (Å²) in [5, 5.41) is 2.28. The van der Waals surface area contributed by atoms with Crippen molar-refractivity contribution in [2.75, 3.05) is 27.9 Å². The van der Waals surface area contributed by atoms with Crippen LogP contribution in [0.15, 0.2) is 99.9 Å². The van der Waals surface area contributed by atoms with Crippen molar-refractivity contribution in [2.24, 2.45) is 4.99 Å². The Morgan fingerprint density at radius 3 is 2.38 bits per heavy atom. The SMILES string of the molecule is CCOC(=O)C1=C(C)N=c2s/c(=C/c3ccc(OCc4cccc5ccccc45)c(OC)c3)c(=O)n2[C@H]1c1ccc(OC)c(OC)c1. The largest absolute Gasteiger partial charge is 0.493 e. The number of nitrogens with zero attached hydrogens (tertiary/aromatic N) is 2. The van der Waals surface area contributed by atoms with Gasteiger partial charge >= 0.3 is 5.97 Å². The third kappa shape index (κ3) is 6.12. The van der Waals surface area contributed by atoms with Gasteiger partial charge in [-0.05, 0) is 71.7 Å². The first kappa shape index (κ1) is 31.6. The summed E-state index contributed by atoms with van der Waals surface area (Å²) in [6.45, 7) is 4.04. The van der Waals surface area contributed by atoms with E-state index in [1.54, 1.807) is 46.3 Å². The van der Waals surface area contributed by atoms with E-state index in [9.17, 15) is 9.59 Å². The Balaban J connectivity index is 1.38.